The fourth-order valence-electron chi connectivity index (χ4n) is 6.24. The van der Waals surface area contributed by atoms with Crippen LogP contribution in [0.4, 0.5) is 0 Å². The lowest BCUT2D eigenvalue weighted by molar-refractivity contribution is -0.127. The van der Waals surface area contributed by atoms with E-state index in [1.807, 2.05) is 30.3 Å². The molecule has 0 bridgehead atoms. The Kier molecular flexibility index (Phi) is 11.6. The topological polar surface area (TPSA) is 61.8 Å². The van der Waals surface area contributed by atoms with Gasteiger partial charge in [-0.3, -0.25) is 4.79 Å². The predicted octanol–water partition coefficient (Wildman–Crippen LogP) is 6.82. The van der Waals surface area contributed by atoms with Gasteiger partial charge in [0.05, 0.1) is 0 Å². The van der Waals surface area contributed by atoms with Crippen molar-refractivity contribution >= 4 is 16.7 Å². The number of rotatable bonds is 15. The molecule has 0 aromatic heterocycles. The first kappa shape index (κ1) is 30.8. The smallest absolute Gasteiger partial charge is 0.223 e. The lowest BCUT2D eigenvalue weighted by atomic mass is 9.94. The molecule has 0 unspecified atom stereocenters. The fraction of sp³-hybridized carbons (Fsp3) is 0.395. The van der Waals surface area contributed by atoms with Crippen LogP contribution in [0.5, 0.6) is 5.75 Å². The van der Waals surface area contributed by atoms with Gasteiger partial charge in [-0.2, -0.15) is 0 Å². The van der Waals surface area contributed by atoms with Crippen molar-refractivity contribution in [3.63, 3.8) is 0 Å². The summed E-state index contributed by atoms with van der Waals surface area (Å²) in [6, 6.07) is 35.6. The number of ether oxygens (including phenoxy) is 1. The van der Waals surface area contributed by atoms with Gasteiger partial charge in [-0.05, 0) is 87.0 Å². The minimum atomic E-state index is -0.581. The summed E-state index contributed by atoms with van der Waals surface area (Å²) in [6.07, 6.45) is 7.27. The third-order valence-corrected chi connectivity index (χ3v) is 8.68. The van der Waals surface area contributed by atoms with Crippen molar-refractivity contribution < 1.29 is 14.6 Å². The number of nitrogens with one attached hydrogen (secondary N) is 1. The van der Waals surface area contributed by atoms with E-state index in [2.05, 4.69) is 83.0 Å². The van der Waals surface area contributed by atoms with Gasteiger partial charge in [-0.15, -0.1) is 0 Å². The van der Waals surface area contributed by atoms with Crippen LogP contribution >= 0.6 is 0 Å². The minimum Gasteiger partial charge on any atom is -0.490 e. The number of amides is 1. The van der Waals surface area contributed by atoms with Crippen molar-refractivity contribution in [3.05, 3.63) is 114 Å². The zero-order valence-electron chi connectivity index (χ0n) is 25.2. The number of carbonyl (C=O) groups excluding carboxylic acids is 1. The molecule has 1 fully saturated rings. The van der Waals surface area contributed by atoms with Crippen LogP contribution in [0.2, 0.25) is 0 Å². The van der Waals surface area contributed by atoms with E-state index >= 15 is 0 Å². The normalized spacial score (nSPS) is 15.0. The molecule has 0 spiro atoms. The van der Waals surface area contributed by atoms with Gasteiger partial charge in [0.2, 0.25) is 5.91 Å². The Hall–Kier alpha value is -3.67. The molecule has 1 aliphatic heterocycles. The number of aliphatic hydroxyl groups is 1. The summed E-state index contributed by atoms with van der Waals surface area (Å²) in [5.41, 5.74) is 2.71. The van der Waals surface area contributed by atoms with Crippen LogP contribution in [0, 0.1) is 5.92 Å². The van der Waals surface area contributed by atoms with Crippen LogP contribution in [0.15, 0.2) is 103 Å². The molecule has 43 heavy (non-hydrogen) atoms. The zero-order valence-corrected chi connectivity index (χ0v) is 25.2. The summed E-state index contributed by atoms with van der Waals surface area (Å²) in [6.45, 7) is 2.44. The maximum atomic E-state index is 13.4. The number of fused-ring (bicyclic) bond motifs is 1. The summed E-state index contributed by atoms with van der Waals surface area (Å²) in [5.74, 6) is 1.03. The molecule has 1 amide bonds. The van der Waals surface area contributed by atoms with Gasteiger partial charge in [0.25, 0.3) is 0 Å². The number of aliphatic hydroxyl groups excluding tert-OH is 1. The van der Waals surface area contributed by atoms with Gasteiger partial charge in [-0.25, -0.2) is 0 Å². The van der Waals surface area contributed by atoms with Crippen molar-refractivity contribution in [3.8, 4) is 5.75 Å². The Labute approximate surface area is 256 Å². The second kappa shape index (κ2) is 16.3. The number of carbonyl (C=O) groups is 1. The quantitative estimate of drug-likeness (QED) is 0.163. The van der Waals surface area contributed by atoms with Gasteiger partial charge < -0.3 is 20.1 Å². The van der Waals surface area contributed by atoms with Crippen LogP contribution < -0.4 is 10.1 Å². The number of nitrogens with zero attached hydrogens (tertiary/aromatic N) is 1. The van der Waals surface area contributed by atoms with E-state index in [0.717, 1.165) is 81.0 Å². The van der Waals surface area contributed by atoms with Crippen LogP contribution in [-0.4, -0.2) is 54.3 Å². The molecule has 0 saturated carbocycles. The van der Waals surface area contributed by atoms with Crippen LogP contribution in [0.1, 0.15) is 49.7 Å². The molecule has 5 rings (SSSR count). The number of aryl methyl sites for hydroxylation is 2. The van der Waals surface area contributed by atoms with Gasteiger partial charge in [0.15, 0.2) is 0 Å². The van der Waals surface area contributed by atoms with Gasteiger partial charge in [0.1, 0.15) is 18.5 Å². The summed E-state index contributed by atoms with van der Waals surface area (Å²) in [5, 5.41) is 16.3. The first-order valence-corrected chi connectivity index (χ1v) is 16.0. The summed E-state index contributed by atoms with van der Waals surface area (Å²) in [4.78, 5) is 15.6. The molecule has 0 aliphatic carbocycles. The van der Waals surface area contributed by atoms with E-state index in [4.69, 9.17) is 4.74 Å². The molecule has 2 N–H and O–H groups in total. The van der Waals surface area contributed by atoms with E-state index in [1.165, 1.54) is 11.1 Å². The molecule has 226 valence electrons. The Morgan fingerprint density at radius 1 is 0.791 bits per heavy atom. The number of benzene rings is 4. The Morgan fingerprint density at radius 2 is 1.37 bits per heavy atom. The molecule has 1 heterocycles. The molecule has 1 atom stereocenters. The van der Waals surface area contributed by atoms with Gasteiger partial charge in [0, 0.05) is 23.9 Å². The van der Waals surface area contributed by atoms with Crippen molar-refractivity contribution in [1.82, 2.24) is 10.2 Å². The molecule has 1 aliphatic rings. The fourth-order valence-corrected chi connectivity index (χ4v) is 6.24. The second-order valence-corrected chi connectivity index (χ2v) is 12.0. The number of piperidine rings is 1. The highest BCUT2D eigenvalue weighted by Crippen LogP contribution is 2.25. The average Bonchev–Trinajstić information content (AvgIpc) is 3.05. The summed E-state index contributed by atoms with van der Waals surface area (Å²) >= 11 is 0. The standard InChI is InChI=1S/C38H46N2O3/c41-35(29-43-37-23-11-19-32-18-7-8-22-36(32)37)28-40-26-24-33(25-27-40)38(42)39-34(20-9-16-30-12-3-1-4-13-30)21-10-17-31-14-5-2-6-15-31/h1-8,11-15,18-19,22-23,33-35,41H,9-10,16-17,20-21,24-29H2,(H,39,42)/t35-/m1/s1. The lowest BCUT2D eigenvalue weighted by Gasteiger charge is -2.33. The van der Waals surface area contributed by atoms with Crippen LogP contribution in [0.3, 0.4) is 0 Å². The second-order valence-electron chi connectivity index (χ2n) is 12.0. The van der Waals surface area contributed by atoms with Crippen molar-refractivity contribution in [2.75, 3.05) is 26.2 Å². The SMILES string of the molecule is O=C(NC(CCCc1ccccc1)CCCc1ccccc1)C1CCN(C[C@@H](O)COc2cccc3ccccc23)CC1. The number of hydrogen-bond acceptors (Lipinski definition) is 4. The van der Waals surface area contributed by atoms with Gasteiger partial charge >= 0.3 is 0 Å². The minimum absolute atomic E-state index is 0.0334. The van der Waals surface area contributed by atoms with Crippen LogP contribution in [-0.2, 0) is 17.6 Å². The monoisotopic (exact) mass is 578 g/mol. The number of β-amino-alcohol motifs (C(OH)–C–C–N with tert-alkyl or cyclic N) is 1. The van der Waals surface area contributed by atoms with Crippen molar-refractivity contribution in [2.45, 2.75) is 63.5 Å². The first-order chi connectivity index (χ1) is 21.1. The molecular weight excluding hydrogens is 532 g/mol. The van der Waals surface area contributed by atoms with Crippen LogP contribution in [0.25, 0.3) is 10.8 Å². The highest BCUT2D eigenvalue weighted by molar-refractivity contribution is 5.88. The van der Waals surface area contributed by atoms with E-state index in [9.17, 15) is 9.90 Å². The highest BCUT2D eigenvalue weighted by Gasteiger charge is 2.27. The first-order valence-electron chi connectivity index (χ1n) is 16.0. The number of hydrogen-bond donors (Lipinski definition) is 2. The maximum absolute atomic E-state index is 13.4. The average molecular weight is 579 g/mol. The van der Waals surface area contributed by atoms with E-state index in [-0.39, 0.29) is 24.5 Å². The summed E-state index contributed by atoms with van der Waals surface area (Å²) < 4.78 is 6.01. The predicted molar refractivity (Wildman–Crippen MR) is 175 cm³/mol. The lowest BCUT2D eigenvalue weighted by Crippen LogP contribution is -2.46. The largest absolute Gasteiger partial charge is 0.490 e. The molecule has 0 radical (unpaired) electrons. The molecule has 5 heteroatoms. The maximum Gasteiger partial charge on any atom is 0.223 e. The Morgan fingerprint density at radius 3 is 2.02 bits per heavy atom. The third kappa shape index (κ3) is 9.67. The molecule has 4 aromatic carbocycles. The van der Waals surface area contributed by atoms with Crippen molar-refractivity contribution in [2.24, 2.45) is 5.92 Å². The third-order valence-electron chi connectivity index (χ3n) is 8.68. The van der Waals surface area contributed by atoms with E-state index in [1.54, 1.807) is 0 Å². The van der Waals surface area contributed by atoms with E-state index < -0.39 is 6.10 Å². The summed E-state index contributed by atoms with van der Waals surface area (Å²) in [7, 11) is 0. The van der Waals surface area contributed by atoms with Crippen molar-refractivity contribution in [1.29, 1.82) is 0 Å². The Balaban J connectivity index is 1.06. The molecule has 4 aromatic rings. The molecule has 5 nitrogen and oxygen atoms in total. The number of likely N-dealkylation sites (tertiary alicyclic amines) is 1. The van der Waals surface area contributed by atoms with E-state index in [0.29, 0.717) is 6.54 Å². The molecular formula is C38H46N2O3. The van der Waals surface area contributed by atoms with Gasteiger partial charge in [-0.1, -0.05) is 97.1 Å². The Bertz CT molecular complexity index is 1340. The molecule has 1 saturated heterocycles. The highest BCUT2D eigenvalue weighted by atomic mass is 16.5. The zero-order chi connectivity index (χ0) is 29.7.